The molecule has 5 heterocycles. The van der Waals surface area contributed by atoms with Crippen LogP contribution < -0.4 is 15.4 Å². The van der Waals surface area contributed by atoms with Gasteiger partial charge in [0.25, 0.3) is 0 Å². The number of nitrogens with one attached hydrogen (secondary N) is 2. The van der Waals surface area contributed by atoms with Gasteiger partial charge in [0.15, 0.2) is 17.3 Å². The highest BCUT2D eigenvalue weighted by Crippen LogP contribution is 2.60. The van der Waals surface area contributed by atoms with Crippen molar-refractivity contribution < 1.29 is 49.7 Å². The maximum atomic E-state index is 15.3. The first kappa shape index (κ1) is 59.4. The van der Waals surface area contributed by atoms with Crippen LogP contribution in [0.1, 0.15) is 167 Å². The minimum absolute atomic E-state index is 0.00236. The number of aliphatic hydroxyl groups is 4. The second kappa shape index (κ2) is 25.4. The molecule has 0 unspecified atom stereocenters. The van der Waals surface area contributed by atoms with Crippen LogP contribution in [0, 0.1) is 17.8 Å². The maximum Gasteiger partial charge on any atom is 0.168 e. The number of ether oxygens (including phenoxy) is 2. The number of Topliss-reactive ketones (excluding diaryl/α,β-unsaturated/α-hetero) is 2. The van der Waals surface area contributed by atoms with Crippen molar-refractivity contribution in [3.05, 3.63) is 118 Å². The Morgan fingerprint density at radius 1 is 0.880 bits per heavy atom. The molecule has 13 rings (SSSR count). The molecule has 12 atom stereocenters. The van der Waals surface area contributed by atoms with Crippen LogP contribution in [-0.4, -0.2) is 102 Å². The number of phenols is 2. The molecule has 83 heavy (non-hydrogen) atoms. The number of hydrogen-bond acceptors (Lipinski definition) is 16. The van der Waals surface area contributed by atoms with Gasteiger partial charge in [0.05, 0.1) is 42.3 Å². The lowest BCUT2D eigenvalue weighted by Gasteiger charge is -2.50. The molecule has 16 heteroatoms. The zero-order valence-corrected chi connectivity index (χ0v) is 51.1. The van der Waals surface area contributed by atoms with Crippen LogP contribution in [0.5, 0.6) is 17.2 Å². The van der Waals surface area contributed by atoms with Crippen molar-refractivity contribution in [1.82, 2.24) is 5.32 Å². The Morgan fingerprint density at radius 2 is 1.70 bits per heavy atom. The first-order valence-electron chi connectivity index (χ1n) is 30.6. The zero-order chi connectivity index (χ0) is 57.6. The minimum atomic E-state index is -0.795. The fourth-order valence-electron chi connectivity index (χ4n) is 15.9. The fraction of sp³-hybridized carbons (Fsp3) is 0.552. The van der Waals surface area contributed by atoms with Gasteiger partial charge in [-0.25, -0.2) is 0 Å². The van der Waals surface area contributed by atoms with Crippen LogP contribution >= 0.6 is 43.2 Å². The Labute approximate surface area is 504 Å². The third-order valence-electron chi connectivity index (χ3n) is 20.4. The van der Waals surface area contributed by atoms with Crippen molar-refractivity contribution in [3.8, 4) is 28.4 Å². The van der Waals surface area contributed by atoms with Gasteiger partial charge in [-0.3, -0.25) is 14.9 Å². The number of methoxy groups -OCH3 is 1. The largest absolute Gasteiger partial charge is 0.508 e. The number of carbonyl (C=O) groups excluding carboxylic acids is 2. The number of aryl methyl sites for hydroxylation is 1. The standard InChI is InChI=1S/C67H82N2O10S4/c1-38(72)54-19-14-43-28-44(34-70)51-30-46-36-80-82-59(27-39-9-5-3-6-10-39)67-26-21-42(31-58(67)76)57(79-65(52-29-45(35-71)63(68-54)61(43)62(51)52)69-55(46)22-25-66(77)23-7-4-8-24-66)33-48(74)17-12-41-15-20-56(75)64(78-2)60(41)49-18-13-40-11-16-47(73)32-50(40)53(49)37-81-83-67/h3,5-6,9-11,13,15-16,18,20,29,32,42-44,46,51,54-55,57-59,65,68-71,73,75-77H,4,7-8,12,14,17,19,21-28,30-31,33-37H2,1-2H3/t42-,43-,44+,46-,51+,54+,55+,57+,58+,59+,65+,67+/m1/s1. The molecule has 5 bridgehead atoms. The average Bonchev–Trinajstić information content (AvgIpc) is 3.76. The highest BCUT2D eigenvalue weighted by Gasteiger charge is 2.53. The number of benzene rings is 5. The Bertz CT molecular complexity index is 3180. The molecule has 8 N–H and O–H groups in total. The van der Waals surface area contributed by atoms with E-state index in [4.69, 9.17) is 9.47 Å². The average molecular weight is 1200 g/mol. The number of ketones is 2. The first-order chi connectivity index (χ1) is 40.3. The molecule has 2 saturated carbocycles. The molecule has 0 aromatic heterocycles. The summed E-state index contributed by atoms with van der Waals surface area (Å²) >= 11 is 0. The topological polar surface area (TPSA) is 198 Å². The lowest BCUT2D eigenvalue weighted by molar-refractivity contribution is -0.130. The summed E-state index contributed by atoms with van der Waals surface area (Å²) in [6, 6.07) is 25.2. The van der Waals surface area contributed by atoms with Gasteiger partial charge in [0.2, 0.25) is 0 Å². The molecular formula is C67H82N2O10S4. The van der Waals surface area contributed by atoms with E-state index in [-0.39, 0.29) is 90.0 Å². The van der Waals surface area contributed by atoms with Gasteiger partial charge in [0, 0.05) is 59.1 Å². The number of rotatable bonds is 9. The zero-order valence-electron chi connectivity index (χ0n) is 47.9. The van der Waals surface area contributed by atoms with Crippen molar-refractivity contribution in [1.29, 1.82) is 0 Å². The number of fused-ring (bicyclic) bond motifs is 9. The van der Waals surface area contributed by atoms with E-state index in [2.05, 4.69) is 47.0 Å². The van der Waals surface area contributed by atoms with Crippen LogP contribution in [0.25, 0.3) is 21.9 Å². The van der Waals surface area contributed by atoms with E-state index in [1.54, 1.807) is 47.8 Å². The maximum absolute atomic E-state index is 15.3. The Morgan fingerprint density at radius 3 is 2.47 bits per heavy atom. The minimum Gasteiger partial charge on any atom is -0.508 e. The summed E-state index contributed by atoms with van der Waals surface area (Å²) in [6.07, 6.45) is 9.79. The monoisotopic (exact) mass is 1200 g/mol. The summed E-state index contributed by atoms with van der Waals surface area (Å²) in [5.41, 5.74) is 8.41. The van der Waals surface area contributed by atoms with Gasteiger partial charge in [-0.1, -0.05) is 117 Å². The predicted octanol–water partition coefficient (Wildman–Crippen LogP) is 13.0. The number of aliphatic hydroxyl groups excluding tert-OH is 3. The molecule has 2 saturated heterocycles. The second-order valence-electron chi connectivity index (χ2n) is 25.3. The van der Waals surface area contributed by atoms with E-state index in [1.165, 1.54) is 5.56 Å². The molecule has 0 radical (unpaired) electrons. The highest BCUT2D eigenvalue weighted by molar-refractivity contribution is 8.78. The predicted molar refractivity (Wildman–Crippen MR) is 336 cm³/mol. The summed E-state index contributed by atoms with van der Waals surface area (Å²) in [4.78, 5) is 28.6. The third-order valence-corrected chi connectivity index (χ3v) is 26.8. The Hall–Kier alpha value is -3.94. The lowest BCUT2D eigenvalue weighted by atomic mass is 9.63. The third kappa shape index (κ3) is 12.0. The highest BCUT2D eigenvalue weighted by atomic mass is 33.1. The quantitative estimate of drug-likeness (QED) is 0.0648. The SMILES string of the molecule is COc1c(O)ccc2c1-c1ccc3ccc(O)cc3c1CSS[C@@]13CC[C@H](C[C@@H]1O)[C@H](CC(=O)CC2)O[C@@H]1N[C@@H](CCC2(O)CCCCC2)[C@@H](CSS[C@H]3Cc2ccccc2)C[C@@H]2c3c1cc(CO)c1c3[C@H](CC[C@@H](C(C)=O)N1)C[C@H]2CO. The molecule has 5 aliphatic heterocycles. The molecule has 0 spiro atoms. The number of anilines is 1. The molecule has 5 aromatic carbocycles. The van der Waals surface area contributed by atoms with E-state index >= 15 is 4.79 Å². The van der Waals surface area contributed by atoms with E-state index < -0.39 is 34.8 Å². The molecular weight excluding hydrogens is 1120 g/mol. The number of hydrogen-bond donors (Lipinski definition) is 8. The van der Waals surface area contributed by atoms with Crippen LogP contribution in [0.15, 0.2) is 78.9 Å². The normalized spacial score (nSPS) is 30.9. The van der Waals surface area contributed by atoms with Crippen molar-refractivity contribution in [2.24, 2.45) is 17.8 Å². The molecule has 12 nitrogen and oxygen atoms in total. The number of phenolic OH excluding ortho intramolecular Hbond substituents is 2. The number of aromatic hydroxyl groups is 2. The van der Waals surface area contributed by atoms with Gasteiger partial charge in [-0.2, -0.15) is 0 Å². The van der Waals surface area contributed by atoms with E-state index in [9.17, 15) is 35.4 Å². The van der Waals surface area contributed by atoms with Crippen molar-refractivity contribution in [2.45, 2.75) is 193 Å². The summed E-state index contributed by atoms with van der Waals surface area (Å²) in [7, 11) is 8.82. The summed E-state index contributed by atoms with van der Waals surface area (Å²) in [6.45, 7) is 1.37. The van der Waals surface area contributed by atoms with Crippen LogP contribution in [0.2, 0.25) is 0 Å². The molecule has 444 valence electrons. The van der Waals surface area contributed by atoms with Crippen LogP contribution in [0.3, 0.4) is 0 Å². The number of carbonyl (C=O) groups is 2. The Kier molecular flexibility index (Phi) is 18.2. The smallest absolute Gasteiger partial charge is 0.168 e. The summed E-state index contributed by atoms with van der Waals surface area (Å²) < 4.78 is 13.2. The van der Waals surface area contributed by atoms with Crippen molar-refractivity contribution >= 4 is 71.2 Å². The second-order valence-corrected chi connectivity index (χ2v) is 30.6. The van der Waals surface area contributed by atoms with E-state index in [0.717, 1.165) is 107 Å². The lowest BCUT2D eigenvalue weighted by Crippen LogP contribution is -2.54. The molecule has 0 amide bonds. The van der Waals surface area contributed by atoms with Gasteiger partial charge < -0.3 is 45.4 Å². The van der Waals surface area contributed by atoms with Gasteiger partial charge in [0.1, 0.15) is 17.8 Å². The van der Waals surface area contributed by atoms with E-state index in [0.29, 0.717) is 74.0 Å². The Balaban J connectivity index is 1.04. The summed E-state index contributed by atoms with van der Waals surface area (Å²) in [5, 5.41) is 81.0. The molecule has 3 aliphatic carbocycles. The van der Waals surface area contributed by atoms with Crippen molar-refractivity contribution in [2.75, 3.05) is 24.8 Å². The van der Waals surface area contributed by atoms with Crippen molar-refractivity contribution in [3.63, 3.8) is 0 Å². The van der Waals surface area contributed by atoms with E-state index in [1.807, 2.05) is 51.9 Å². The van der Waals surface area contributed by atoms with Crippen LogP contribution in [0.4, 0.5) is 5.69 Å². The molecule has 4 fully saturated rings. The molecule has 5 aromatic rings. The van der Waals surface area contributed by atoms with Gasteiger partial charge >= 0.3 is 0 Å². The fourth-order valence-corrected chi connectivity index (χ4v) is 23.4. The molecule has 8 aliphatic rings. The first-order valence-corrected chi connectivity index (χ1v) is 35.3. The van der Waals surface area contributed by atoms with Gasteiger partial charge in [-0.15, -0.1) is 0 Å². The van der Waals surface area contributed by atoms with Gasteiger partial charge in [-0.05, 0) is 194 Å². The summed E-state index contributed by atoms with van der Waals surface area (Å²) in [5.74, 6) is 1.44. The van der Waals surface area contributed by atoms with Crippen LogP contribution in [-0.2, 0) is 39.5 Å².